The van der Waals surface area contributed by atoms with E-state index in [2.05, 4.69) is 26.0 Å². The molecule has 0 spiro atoms. The average molecular weight is 282 g/mol. The summed E-state index contributed by atoms with van der Waals surface area (Å²) < 4.78 is 0. The monoisotopic (exact) mass is 282 g/mol. The fourth-order valence-corrected chi connectivity index (χ4v) is 5.89. The van der Waals surface area contributed by atoms with Gasteiger partial charge in [-0.05, 0) is 91.9 Å². The average Bonchev–Trinajstić information content (AvgIpc) is 2.83. The predicted octanol–water partition coefficient (Wildman–Crippen LogP) is 5.19. The lowest BCUT2D eigenvalue weighted by atomic mass is 9.55. The molecule has 2 fully saturated rings. The molecule has 4 atom stereocenters. The molecule has 1 nitrogen and oxygen atoms in total. The fourth-order valence-electron chi connectivity index (χ4n) is 5.89. The van der Waals surface area contributed by atoms with Crippen molar-refractivity contribution in [3.63, 3.8) is 0 Å². The molecule has 1 heteroatoms. The minimum absolute atomic E-state index is 0.435. The topological polar surface area (TPSA) is 20.2 Å². The second kappa shape index (κ2) is 4.63. The maximum Gasteiger partial charge on any atom is 0.115 e. The van der Waals surface area contributed by atoms with Crippen molar-refractivity contribution < 1.29 is 5.11 Å². The molecule has 112 valence electrons. The van der Waals surface area contributed by atoms with Crippen molar-refractivity contribution in [3.05, 3.63) is 41.0 Å². The number of rotatable bonds is 0. The minimum Gasteiger partial charge on any atom is -0.508 e. The molecule has 1 aromatic rings. The summed E-state index contributed by atoms with van der Waals surface area (Å²) in [5.41, 5.74) is 5.15. The van der Waals surface area contributed by atoms with E-state index in [1.807, 2.05) is 12.1 Å². The van der Waals surface area contributed by atoms with Crippen LogP contribution in [-0.4, -0.2) is 5.11 Å². The lowest BCUT2D eigenvalue weighted by Gasteiger charge is -2.49. The molecule has 4 unspecified atom stereocenters. The molecule has 0 bridgehead atoms. The second-order valence-corrected chi connectivity index (χ2v) is 7.61. The van der Waals surface area contributed by atoms with Gasteiger partial charge >= 0.3 is 0 Å². The highest BCUT2D eigenvalue weighted by molar-refractivity contribution is 5.40. The summed E-state index contributed by atoms with van der Waals surface area (Å²) >= 11 is 0. The van der Waals surface area contributed by atoms with Gasteiger partial charge in [0.2, 0.25) is 0 Å². The number of aryl methyl sites for hydroxylation is 1. The van der Waals surface area contributed by atoms with Crippen molar-refractivity contribution in [2.45, 2.75) is 58.3 Å². The normalized spacial score (nSPS) is 39.7. The maximum absolute atomic E-state index is 9.73. The van der Waals surface area contributed by atoms with E-state index in [1.54, 1.807) is 11.1 Å². The largest absolute Gasteiger partial charge is 0.508 e. The van der Waals surface area contributed by atoms with Gasteiger partial charge in [0.05, 0.1) is 0 Å². The van der Waals surface area contributed by atoms with Crippen LogP contribution in [0.15, 0.2) is 29.8 Å². The van der Waals surface area contributed by atoms with Crippen molar-refractivity contribution in [1.82, 2.24) is 0 Å². The van der Waals surface area contributed by atoms with Gasteiger partial charge in [-0.3, -0.25) is 0 Å². The smallest absolute Gasteiger partial charge is 0.115 e. The van der Waals surface area contributed by atoms with Crippen LogP contribution in [0.1, 0.15) is 63.0 Å². The Morgan fingerprint density at radius 1 is 1.19 bits per heavy atom. The molecule has 3 aliphatic rings. The summed E-state index contributed by atoms with van der Waals surface area (Å²) in [5, 5.41) is 9.73. The van der Waals surface area contributed by atoms with Crippen LogP contribution < -0.4 is 0 Å². The van der Waals surface area contributed by atoms with Gasteiger partial charge < -0.3 is 5.11 Å². The third-order valence-electron chi connectivity index (χ3n) is 6.91. The van der Waals surface area contributed by atoms with Crippen molar-refractivity contribution in [3.8, 4) is 5.75 Å². The molecule has 2 saturated carbocycles. The SMILES string of the molecule is C/C=C1/CCC2C3CCc4cc(O)ccc4C3CCC12C. The number of aromatic hydroxyl groups is 1. The second-order valence-electron chi connectivity index (χ2n) is 7.61. The van der Waals surface area contributed by atoms with E-state index in [0.717, 1.165) is 24.2 Å². The van der Waals surface area contributed by atoms with Crippen molar-refractivity contribution in [2.75, 3.05) is 0 Å². The zero-order valence-corrected chi connectivity index (χ0v) is 13.2. The molecule has 3 aliphatic carbocycles. The highest BCUT2D eigenvalue weighted by Gasteiger charge is 2.52. The van der Waals surface area contributed by atoms with E-state index in [9.17, 15) is 5.11 Å². The first-order valence-electron chi connectivity index (χ1n) is 8.61. The molecule has 0 aliphatic heterocycles. The Balaban J connectivity index is 1.72. The van der Waals surface area contributed by atoms with Crippen LogP contribution in [0.4, 0.5) is 0 Å². The van der Waals surface area contributed by atoms with Crippen LogP contribution in [0.5, 0.6) is 5.75 Å². The van der Waals surface area contributed by atoms with Gasteiger partial charge in [0, 0.05) is 0 Å². The molecule has 0 aromatic heterocycles. The minimum atomic E-state index is 0.435. The molecule has 0 saturated heterocycles. The standard InChI is InChI=1S/C20H26O/c1-3-14-5-9-19-18-7-4-13-12-15(21)6-8-16(13)17(18)10-11-20(14,19)2/h3,6,8,12,17-19,21H,4-5,7,9-11H2,1-2H3/b14-3-. The van der Waals surface area contributed by atoms with Crippen LogP contribution >= 0.6 is 0 Å². The van der Waals surface area contributed by atoms with Gasteiger partial charge in [-0.1, -0.05) is 24.6 Å². The first-order valence-corrected chi connectivity index (χ1v) is 8.61. The van der Waals surface area contributed by atoms with E-state index in [-0.39, 0.29) is 0 Å². The summed E-state index contributed by atoms with van der Waals surface area (Å²) in [6, 6.07) is 6.10. The van der Waals surface area contributed by atoms with Gasteiger partial charge in [-0.15, -0.1) is 0 Å². The lowest BCUT2D eigenvalue weighted by Crippen LogP contribution is -2.40. The summed E-state index contributed by atoms with van der Waals surface area (Å²) in [4.78, 5) is 0. The Morgan fingerprint density at radius 2 is 2.05 bits per heavy atom. The molecular weight excluding hydrogens is 256 g/mol. The quantitative estimate of drug-likeness (QED) is 0.649. The molecule has 4 rings (SSSR count). The number of phenolic OH excluding ortho intramolecular Hbond substituents is 1. The van der Waals surface area contributed by atoms with E-state index in [4.69, 9.17) is 0 Å². The first kappa shape index (κ1) is 13.4. The third-order valence-corrected chi connectivity index (χ3v) is 6.91. The number of allylic oxidation sites excluding steroid dienone is 2. The highest BCUT2D eigenvalue weighted by Crippen LogP contribution is 2.62. The van der Waals surface area contributed by atoms with Gasteiger partial charge in [-0.25, -0.2) is 0 Å². The fraction of sp³-hybridized carbons (Fsp3) is 0.600. The third kappa shape index (κ3) is 1.82. The van der Waals surface area contributed by atoms with E-state index < -0.39 is 0 Å². The van der Waals surface area contributed by atoms with E-state index in [0.29, 0.717) is 11.2 Å². The number of phenols is 1. The molecule has 21 heavy (non-hydrogen) atoms. The summed E-state index contributed by atoms with van der Waals surface area (Å²) in [6.07, 6.45) is 10.3. The van der Waals surface area contributed by atoms with Gasteiger partial charge in [-0.2, -0.15) is 0 Å². The van der Waals surface area contributed by atoms with Gasteiger partial charge in [0.25, 0.3) is 0 Å². The Labute approximate surface area is 128 Å². The lowest BCUT2D eigenvalue weighted by molar-refractivity contribution is 0.0813. The molecule has 1 aromatic carbocycles. The molecule has 0 heterocycles. The van der Waals surface area contributed by atoms with Crippen LogP contribution in [0.25, 0.3) is 0 Å². The summed E-state index contributed by atoms with van der Waals surface area (Å²) in [7, 11) is 0. The zero-order valence-electron chi connectivity index (χ0n) is 13.2. The zero-order chi connectivity index (χ0) is 14.6. The van der Waals surface area contributed by atoms with Gasteiger partial charge in [0.1, 0.15) is 5.75 Å². The summed E-state index contributed by atoms with van der Waals surface area (Å²) in [5.74, 6) is 2.91. The predicted molar refractivity (Wildman–Crippen MR) is 86.5 cm³/mol. The van der Waals surface area contributed by atoms with Crippen LogP contribution in [0.2, 0.25) is 0 Å². The van der Waals surface area contributed by atoms with Gasteiger partial charge in [0.15, 0.2) is 0 Å². The molecule has 0 radical (unpaired) electrons. The first-order chi connectivity index (χ1) is 10.1. The van der Waals surface area contributed by atoms with Crippen LogP contribution in [-0.2, 0) is 6.42 Å². The molecule has 0 amide bonds. The maximum atomic E-state index is 9.73. The van der Waals surface area contributed by atoms with Crippen LogP contribution in [0, 0.1) is 17.3 Å². The van der Waals surface area contributed by atoms with Crippen molar-refractivity contribution in [1.29, 1.82) is 0 Å². The van der Waals surface area contributed by atoms with E-state index in [1.165, 1.54) is 37.7 Å². The molecular formula is C20H26O. The Hall–Kier alpha value is -1.24. The van der Waals surface area contributed by atoms with E-state index >= 15 is 0 Å². The Morgan fingerprint density at radius 3 is 2.86 bits per heavy atom. The number of hydrogen-bond acceptors (Lipinski definition) is 1. The number of benzene rings is 1. The van der Waals surface area contributed by atoms with Crippen LogP contribution in [0.3, 0.4) is 0 Å². The van der Waals surface area contributed by atoms with Crippen molar-refractivity contribution in [2.24, 2.45) is 17.3 Å². The number of hydrogen-bond donors (Lipinski definition) is 1. The Kier molecular flexibility index (Phi) is 2.96. The highest BCUT2D eigenvalue weighted by atomic mass is 16.3. The Bertz CT molecular complexity index is 600. The number of fused-ring (bicyclic) bond motifs is 5. The summed E-state index contributed by atoms with van der Waals surface area (Å²) in [6.45, 7) is 4.76. The van der Waals surface area contributed by atoms with Crippen molar-refractivity contribution >= 4 is 0 Å². The molecule has 1 N–H and O–H groups in total.